The molecule has 2 fully saturated rings. The van der Waals surface area contributed by atoms with Gasteiger partial charge >= 0.3 is 0 Å². The van der Waals surface area contributed by atoms with Crippen LogP contribution in [0.25, 0.3) is 0 Å². The first-order valence-electron chi connectivity index (χ1n) is 5.70. The standard InChI is InChI=1S/C11H20ClNO/c1-9-6-13(7-11(9)12)4-2-10-3-5-14-8-10/h9-11H,2-8H2,1H3. The molecule has 2 aliphatic rings. The Bertz CT molecular complexity index is 172. The molecular formula is C11H20ClNO. The van der Waals surface area contributed by atoms with E-state index in [4.69, 9.17) is 16.3 Å². The summed E-state index contributed by atoms with van der Waals surface area (Å²) in [5, 5.41) is 0.370. The highest BCUT2D eigenvalue weighted by atomic mass is 35.5. The maximum absolute atomic E-state index is 6.19. The highest BCUT2D eigenvalue weighted by Crippen LogP contribution is 2.23. The maximum atomic E-state index is 6.19. The Morgan fingerprint density at radius 3 is 2.86 bits per heavy atom. The van der Waals surface area contributed by atoms with Crippen molar-refractivity contribution in [3.63, 3.8) is 0 Å². The number of ether oxygens (including phenoxy) is 1. The fourth-order valence-electron chi connectivity index (χ4n) is 2.38. The van der Waals surface area contributed by atoms with Crippen LogP contribution in [0.15, 0.2) is 0 Å². The third-order valence-corrected chi connectivity index (χ3v) is 4.04. The summed E-state index contributed by atoms with van der Waals surface area (Å²) in [5.74, 6) is 1.47. The Balaban J connectivity index is 1.66. The van der Waals surface area contributed by atoms with Crippen molar-refractivity contribution in [2.45, 2.75) is 25.1 Å². The Labute approximate surface area is 91.6 Å². The molecule has 0 aromatic rings. The molecule has 0 bridgehead atoms. The Kier molecular flexibility index (Phi) is 3.69. The number of hydrogen-bond acceptors (Lipinski definition) is 2. The Morgan fingerprint density at radius 2 is 2.29 bits per heavy atom. The van der Waals surface area contributed by atoms with Gasteiger partial charge in [0.1, 0.15) is 0 Å². The second-order valence-electron chi connectivity index (χ2n) is 4.77. The summed E-state index contributed by atoms with van der Waals surface area (Å²) in [6.07, 6.45) is 2.55. The summed E-state index contributed by atoms with van der Waals surface area (Å²) in [5.41, 5.74) is 0. The van der Waals surface area contributed by atoms with Gasteiger partial charge in [-0.2, -0.15) is 0 Å². The number of alkyl halides is 1. The lowest BCUT2D eigenvalue weighted by atomic mass is 10.1. The van der Waals surface area contributed by atoms with Gasteiger partial charge in [0.25, 0.3) is 0 Å². The lowest BCUT2D eigenvalue weighted by molar-refractivity contribution is 0.180. The van der Waals surface area contributed by atoms with Crippen LogP contribution in [0.3, 0.4) is 0 Å². The van der Waals surface area contributed by atoms with Crippen molar-refractivity contribution < 1.29 is 4.74 Å². The molecule has 0 aromatic heterocycles. The molecule has 14 heavy (non-hydrogen) atoms. The monoisotopic (exact) mass is 217 g/mol. The minimum atomic E-state index is 0.370. The molecule has 0 aliphatic carbocycles. The molecule has 3 heteroatoms. The topological polar surface area (TPSA) is 12.5 Å². The number of halogens is 1. The zero-order valence-corrected chi connectivity index (χ0v) is 9.67. The van der Waals surface area contributed by atoms with Crippen LogP contribution in [0.2, 0.25) is 0 Å². The molecule has 2 nitrogen and oxygen atoms in total. The lowest BCUT2D eigenvalue weighted by Crippen LogP contribution is -2.24. The van der Waals surface area contributed by atoms with E-state index in [9.17, 15) is 0 Å². The quantitative estimate of drug-likeness (QED) is 0.671. The number of hydrogen-bond donors (Lipinski definition) is 0. The average molecular weight is 218 g/mol. The second kappa shape index (κ2) is 4.82. The van der Waals surface area contributed by atoms with Crippen LogP contribution in [0, 0.1) is 11.8 Å². The largest absolute Gasteiger partial charge is 0.381 e. The van der Waals surface area contributed by atoms with Crippen LogP contribution in [0.5, 0.6) is 0 Å². The summed E-state index contributed by atoms with van der Waals surface area (Å²) < 4.78 is 5.37. The van der Waals surface area contributed by atoms with Gasteiger partial charge in [0, 0.05) is 26.3 Å². The Hall–Kier alpha value is 0.210. The van der Waals surface area contributed by atoms with Gasteiger partial charge in [-0.3, -0.25) is 0 Å². The predicted octanol–water partition coefficient (Wildman–Crippen LogP) is 1.97. The van der Waals surface area contributed by atoms with Gasteiger partial charge in [-0.25, -0.2) is 0 Å². The van der Waals surface area contributed by atoms with E-state index in [0.29, 0.717) is 11.3 Å². The lowest BCUT2D eigenvalue weighted by Gasteiger charge is -2.16. The predicted molar refractivity (Wildman–Crippen MR) is 58.8 cm³/mol. The SMILES string of the molecule is CC1CN(CCC2CCOC2)CC1Cl. The number of nitrogens with zero attached hydrogens (tertiary/aromatic N) is 1. The van der Waals surface area contributed by atoms with Crippen molar-refractivity contribution in [2.24, 2.45) is 11.8 Å². The molecule has 2 aliphatic heterocycles. The molecule has 0 amide bonds. The Morgan fingerprint density at radius 1 is 1.43 bits per heavy atom. The molecule has 0 aromatic carbocycles. The molecular weight excluding hydrogens is 198 g/mol. The van der Waals surface area contributed by atoms with Crippen molar-refractivity contribution in [2.75, 3.05) is 32.8 Å². The van der Waals surface area contributed by atoms with E-state index in [-0.39, 0.29) is 0 Å². The molecule has 2 saturated heterocycles. The highest BCUT2D eigenvalue weighted by molar-refractivity contribution is 6.21. The van der Waals surface area contributed by atoms with Gasteiger partial charge in [-0.1, -0.05) is 6.92 Å². The number of rotatable bonds is 3. The molecule has 2 heterocycles. The van der Waals surface area contributed by atoms with Crippen LogP contribution < -0.4 is 0 Å². The molecule has 3 unspecified atom stereocenters. The summed E-state index contributed by atoms with van der Waals surface area (Å²) in [4.78, 5) is 2.50. The first kappa shape index (κ1) is 10.7. The van der Waals surface area contributed by atoms with Gasteiger partial charge in [0.05, 0.1) is 5.38 Å². The maximum Gasteiger partial charge on any atom is 0.0500 e. The van der Waals surface area contributed by atoms with Crippen LogP contribution in [0.1, 0.15) is 19.8 Å². The van der Waals surface area contributed by atoms with Crippen LogP contribution in [0.4, 0.5) is 0 Å². The van der Waals surface area contributed by atoms with E-state index < -0.39 is 0 Å². The fraction of sp³-hybridized carbons (Fsp3) is 1.00. The molecule has 2 rings (SSSR count). The minimum absolute atomic E-state index is 0.370. The van der Waals surface area contributed by atoms with E-state index in [1.165, 1.54) is 25.9 Å². The summed E-state index contributed by atoms with van der Waals surface area (Å²) in [6, 6.07) is 0. The van der Waals surface area contributed by atoms with Gasteiger partial charge < -0.3 is 9.64 Å². The van der Waals surface area contributed by atoms with Gasteiger partial charge in [0.2, 0.25) is 0 Å². The van der Waals surface area contributed by atoms with Crippen LogP contribution in [-0.4, -0.2) is 43.1 Å². The molecule has 0 spiro atoms. The number of likely N-dealkylation sites (tertiary alicyclic amines) is 1. The van der Waals surface area contributed by atoms with Gasteiger partial charge in [-0.15, -0.1) is 11.6 Å². The molecule has 0 N–H and O–H groups in total. The van der Waals surface area contributed by atoms with Crippen LogP contribution in [-0.2, 0) is 4.74 Å². The van der Waals surface area contributed by atoms with Crippen molar-refractivity contribution in [1.29, 1.82) is 0 Å². The zero-order valence-electron chi connectivity index (χ0n) is 8.92. The van der Waals surface area contributed by atoms with E-state index >= 15 is 0 Å². The highest BCUT2D eigenvalue weighted by Gasteiger charge is 2.28. The first-order chi connectivity index (χ1) is 6.75. The van der Waals surface area contributed by atoms with E-state index in [1.807, 2.05) is 0 Å². The zero-order chi connectivity index (χ0) is 9.97. The summed E-state index contributed by atoms with van der Waals surface area (Å²) >= 11 is 6.19. The summed E-state index contributed by atoms with van der Waals surface area (Å²) in [7, 11) is 0. The van der Waals surface area contributed by atoms with Crippen molar-refractivity contribution >= 4 is 11.6 Å². The smallest absolute Gasteiger partial charge is 0.0500 e. The van der Waals surface area contributed by atoms with Crippen molar-refractivity contribution in [1.82, 2.24) is 4.90 Å². The first-order valence-corrected chi connectivity index (χ1v) is 6.13. The van der Waals surface area contributed by atoms with E-state index in [0.717, 1.165) is 25.7 Å². The van der Waals surface area contributed by atoms with E-state index in [1.54, 1.807) is 0 Å². The fourth-order valence-corrected chi connectivity index (χ4v) is 2.66. The van der Waals surface area contributed by atoms with Gasteiger partial charge in [0.15, 0.2) is 0 Å². The molecule has 0 saturated carbocycles. The summed E-state index contributed by atoms with van der Waals surface area (Å²) in [6.45, 7) is 7.67. The molecule has 0 radical (unpaired) electrons. The van der Waals surface area contributed by atoms with E-state index in [2.05, 4.69) is 11.8 Å². The van der Waals surface area contributed by atoms with Gasteiger partial charge in [-0.05, 0) is 31.2 Å². The van der Waals surface area contributed by atoms with Crippen LogP contribution >= 0.6 is 11.6 Å². The average Bonchev–Trinajstić information content (AvgIpc) is 2.74. The normalized spacial score (nSPS) is 39.4. The third-order valence-electron chi connectivity index (χ3n) is 3.47. The second-order valence-corrected chi connectivity index (χ2v) is 5.33. The molecule has 82 valence electrons. The van der Waals surface area contributed by atoms with Crippen molar-refractivity contribution in [3.05, 3.63) is 0 Å². The minimum Gasteiger partial charge on any atom is -0.381 e. The van der Waals surface area contributed by atoms with Crippen molar-refractivity contribution in [3.8, 4) is 0 Å². The third kappa shape index (κ3) is 2.62. The molecule has 3 atom stereocenters.